The number of hydrazone groups is 1. The van der Waals surface area contributed by atoms with Crippen molar-refractivity contribution in [3.8, 4) is 0 Å². The molecule has 0 saturated heterocycles. The highest BCUT2D eigenvalue weighted by molar-refractivity contribution is 7.86. The zero-order chi connectivity index (χ0) is 6.97. The summed E-state index contributed by atoms with van der Waals surface area (Å²) in [4.78, 5) is 3.99. The molecule has 2 heterocycles. The lowest BCUT2D eigenvalue weighted by Gasteiger charge is -2.12. The van der Waals surface area contributed by atoms with Crippen molar-refractivity contribution in [2.45, 2.75) is 6.42 Å². The van der Waals surface area contributed by atoms with Crippen LogP contribution in [0.25, 0.3) is 0 Å². The van der Waals surface area contributed by atoms with Gasteiger partial charge in [0.1, 0.15) is 5.84 Å². The van der Waals surface area contributed by atoms with Gasteiger partial charge in [-0.05, 0) is 0 Å². The summed E-state index contributed by atoms with van der Waals surface area (Å²) in [5.41, 5.74) is 0. The van der Waals surface area contributed by atoms with E-state index in [1.807, 2.05) is 0 Å². The van der Waals surface area contributed by atoms with Crippen molar-refractivity contribution in [2.75, 3.05) is 0 Å². The summed E-state index contributed by atoms with van der Waals surface area (Å²) < 4.78 is 12.4. The molecule has 5 heteroatoms. The van der Waals surface area contributed by atoms with Gasteiger partial charge in [0.05, 0.1) is 0 Å². The summed E-state index contributed by atoms with van der Waals surface area (Å²) in [7, 11) is -1.12. The SMILES string of the molecule is O=S1C=CN=C2CC=NN21. The van der Waals surface area contributed by atoms with Crippen molar-refractivity contribution in [1.29, 1.82) is 0 Å². The molecule has 0 saturated carbocycles. The molecule has 1 atom stereocenters. The Morgan fingerprint density at radius 1 is 1.70 bits per heavy atom. The van der Waals surface area contributed by atoms with E-state index in [1.165, 1.54) is 9.82 Å². The van der Waals surface area contributed by atoms with Gasteiger partial charge in [-0.3, -0.25) is 0 Å². The quantitative estimate of drug-likeness (QED) is 0.493. The molecule has 1 unspecified atom stereocenters. The van der Waals surface area contributed by atoms with Gasteiger partial charge in [0.2, 0.25) is 0 Å². The molecule has 0 aromatic heterocycles. The van der Waals surface area contributed by atoms with Crippen LogP contribution >= 0.6 is 0 Å². The van der Waals surface area contributed by atoms with E-state index in [1.54, 1.807) is 12.4 Å². The number of hydrogen-bond donors (Lipinski definition) is 0. The molecule has 0 aromatic rings. The van der Waals surface area contributed by atoms with E-state index in [4.69, 9.17) is 0 Å². The van der Waals surface area contributed by atoms with E-state index < -0.39 is 11.0 Å². The summed E-state index contributed by atoms with van der Waals surface area (Å²) in [5, 5.41) is 5.37. The molecule has 0 radical (unpaired) electrons. The van der Waals surface area contributed by atoms with Crippen LogP contribution in [0.5, 0.6) is 0 Å². The molecule has 2 aliphatic heterocycles. The fourth-order valence-electron chi connectivity index (χ4n) is 0.820. The van der Waals surface area contributed by atoms with E-state index in [9.17, 15) is 4.21 Å². The van der Waals surface area contributed by atoms with Gasteiger partial charge in [0.25, 0.3) is 0 Å². The molecule has 4 nitrogen and oxygen atoms in total. The Balaban J connectivity index is 2.40. The number of nitrogens with zero attached hydrogens (tertiary/aromatic N) is 3. The Hall–Kier alpha value is -0.970. The topological polar surface area (TPSA) is 45.0 Å². The number of rotatable bonds is 0. The molecule has 2 rings (SSSR count). The van der Waals surface area contributed by atoms with Crippen LogP contribution in [0.1, 0.15) is 6.42 Å². The minimum absolute atomic E-state index is 0.691. The zero-order valence-electron chi connectivity index (χ0n) is 5.10. The lowest BCUT2D eigenvalue weighted by molar-refractivity contribution is 0.632. The first kappa shape index (κ1) is 5.79. The fourth-order valence-corrected chi connectivity index (χ4v) is 1.59. The molecule has 0 spiro atoms. The van der Waals surface area contributed by atoms with Crippen LogP contribution in [0.3, 0.4) is 0 Å². The second-order valence-electron chi connectivity index (χ2n) is 1.88. The zero-order valence-corrected chi connectivity index (χ0v) is 5.91. The molecule has 0 fully saturated rings. The van der Waals surface area contributed by atoms with Crippen LogP contribution in [-0.2, 0) is 11.0 Å². The standard InChI is InChI=1S/C5H5N3OS/c9-10-4-3-6-5-1-2-7-8(5)10/h2-4H,1H2. The number of aliphatic imine (C=N–C) groups is 1. The number of amidine groups is 1. The summed E-state index contributed by atoms with van der Waals surface area (Å²) in [5.74, 6) is 0.765. The highest BCUT2D eigenvalue weighted by Crippen LogP contribution is 2.12. The molecular formula is C5H5N3OS. The van der Waals surface area contributed by atoms with Gasteiger partial charge in [-0.2, -0.15) is 9.52 Å². The van der Waals surface area contributed by atoms with Gasteiger partial charge in [-0.15, -0.1) is 0 Å². The van der Waals surface area contributed by atoms with Crippen LogP contribution in [0.2, 0.25) is 0 Å². The molecule has 10 heavy (non-hydrogen) atoms. The van der Waals surface area contributed by atoms with Crippen molar-refractivity contribution in [1.82, 2.24) is 4.41 Å². The van der Waals surface area contributed by atoms with E-state index in [0.717, 1.165) is 5.84 Å². The molecule has 52 valence electrons. The van der Waals surface area contributed by atoms with E-state index in [-0.39, 0.29) is 0 Å². The first-order valence-electron chi connectivity index (χ1n) is 2.84. The minimum Gasteiger partial charge on any atom is -0.239 e. The third kappa shape index (κ3) is 0.706. The average molecular weight is 155 g/mol. The highest BCUT2D eigenvalue weighted by atomic mass is 32.2. The van der Waals surface area contributed by atoms with Crippen LogP contribution < -0.4 is 0 Å². The minimum atomic E-state index is -1.12. The first-order valence-corrected chi connectivity index (χ1v) is 4.01. The van der Waals surface area contributed by atoms with Crippen molar-refractivity contribution in [3.05, 3.63) is 11.6 Å². The normalized spacial score (nSPS) is 28.6. The van der Waals surface area contributed by atoms with Crippen LogP contribution in [0, 0.1) is 0 Å². The van der Waals surface area contributed by atoms with Gasteiger partial charge < -0.3 is 0 Å². The van der Waals surface area contributed by atoms with Crippen LogP contribution in [-0.4, -0.2) is 20.7 Å². The Kier molecular flexibility index (Phi) is 1.17. The molecule has 0 amide bonds. The van der Waals surface area contributed by atoms with Crippen LogP contribution in [0.4, 0.5) is 0 Å². The maximum Gasteiger partial charge on any atom is 0.169 e. The summed E-state index contributed by atoms with van der Waals surface area (Å²) in [6, 6.07) is 0. The molecular weight excluding hydrogens is 150 g/mol. The monoisotopic (exact) mass is 155 g/mol. The largest absolute Gasteiger partial charge is 0.239 e. The van der Waals surface area contributed by atoms with Crippen molar-refractivity contribution >= 4 is 23.0 Å². The average Bonchev–Trinajstić information content (AvgIpc) is 2.36. The molecule has 0 aliphatic carbocycles. The predicted molar refractivity (Wildman–Crippen MR) is 39.7 cm³/mol. The maximum atomic E-state index is 11.0. The highest BCUT2D eigenvalue weighted by Gasteiger charge is 2.20. The molecule has 0 aromatic carbocycles. The second kappa shape index (κ2) is 2.02. The lowest BCUT2D eigenvalue weighted by Crippen LogP contribution is -2.23. The Labute approximate surface area is 60.5 Å². The van der Waals surface area contributed by atoms with E-state index in [2.05, 4.69) is 10.1 Å². The third-order valence-corrected chi connectivity index (χ3v) is 2.25. The molecule has 0 N–H and O–H groups in total. The first-order chi connectivity index (χ1) is 4.88. The number of fused-ring (bicyclic) bond motifs is 1. The maximum absolute atomic E-state index is 11.0. The second-order valence-corrected chi connectivity index (χ2v) is 3.05. The summed E-state index contributed by atoms with van der Waals surface area (Å²) >= 11 is 0. The van der Waals surface area contributed by atoms with Gasteiger partial charge in [-0.25, -0.2) is 9.20 Å². The summed E-state index contributed by atoms with van der Waals surface area (Å²) in [6.45, 7) is 0. The lowest BCUT2D eigenvalue weighted by atomic mass is 10.4. The van der Waals surface area contributed by atoms with Gasteiger partial charge in [0.15, 0.2) is 11.0 Å². The van der Waals surface area contributed by atoms with Crippen LogP contribution in [0.15, 0.2) is 21.7 Å². The van der Waals surface area contributed by atoms with E-state index in [0.29, 0.717) is 6.42 Å². The Bertz CT molecular complexity index is 268. The summed E-state index contributed by atoms with van der Waals surface area (Å²) in [6.07, 6.45) is 3.94. The Morgan fingerprint density at radius 2 is 2.60 bits per heavy atom. The smallest absolute Gasteiger partial charge is 0.169 e. The predicted octanol–water partition coefficient (Wildman–Crippen LogP) is 0.225. The number of hydrogen-bond acceptors (Lipinski definition) is 3. The van der Waals surface area contributed by atoms with Crippen molar-refractivity contribution in [2.24, 2.45) is 10.1 Å². The Morgan fingerprint density at radius 3 is 3.40 bits per heavy atom. The molecule has 2 aliphatic rings. The van der Waals surface area contributed by atoms with Gasteiger partial charge in [-0.1, -0.05) is 0 Å². The fraction of sp³-hybridized carbons (Fsp3) is 0.200. The van der Waals surface area contributed by atoms with Gasteiger partial charge >= 0.3 is 0 Å². The molecule has 0 bridgehead atoms. The van der Waals surface area contributed by atoms with Crippen molar-refractivity contribution in [3.63, 3.8) is 0 Å². The van der Waals surface area contributed by atoms with Crippen molar-refractivity contribution < 1.29 is 4.21 Å². The third-order valence-electron chi connectivity index (χ3n) is 1.25. The van der Waals surface area contributed by atoms with Gasteiger partial charge in [0, 0.05) is 24.2 Å². The van der Waals surface area contributed by atoms with E-state index >= 15 is 0 Å².